The summed E-state index contributed by atoms with van der Waals surface area (Å²) in [5.74, 6) is 0. The van der Waals surface area contributed by atoms with E-state index >= 15 is 0 Å². The first-order valence-corrected chi connectivity index (χ1v) is 4.46. The first-order valence-electron chi connectivity index (χ1n) is 4.46. The smallest absolute Gasteiger partial charge is 0.317 e. The minimum Gasteiger partial charge on any atom is -0.378 e. The highest BCUT2D eigenvalue weighted by Crippen LogP contribution is 2.33. The molecular formula is C8H13BN2O2. The van der Waals surface area contributed by atoms with Gasteiger partial charge in [-0.3, -0.25) is 0 Å². The Morgan fingerprint density at radius 3 is 3.15 bits per heavy atom. The van der Waals surface area contributed by atoms with E-state index in [0.29, 0.717) is 6.54 Å². The number of fused-ring (bicyclic) bond motifs is 2. The molecule has 0 aromatic rings. The number of nitrogens with zero attached hydrogens (tertiary/aromatic N) is 1. The third-order valence-corrected chi connectivity index (χ3v) is 2.87. The molecule has 2 saturated heterocycles. The van der Waals surface area contributed by atoms with Gasteiger partial charge in [-0.15, -0.1) is 0 Å². The minimum atomic E-state index is -0.346. The van der Waals surface area contributed by atoms with Crippen molar-refractivity contribution in [1.82, 2.24) is 10.2 Å². The van der Waals surface area contributed by atoms with E-state index in [9.17, 15) is 4.79 Å². The van der Waals surface area contributed by atoms with Crippen LogP contribution in [0.2, 0.25) is 0 Å². The third kappa shape index (κ3) is 1.31. The maximum Gasteiger partial charge on any atom is 0.317 e. The van der Waals surface area contributed by atoms with Gasteiger partial charge in [0.1, 0.15) is 7.85 Å². The minimum absolute atomic E-state index is 0.00694. The summed E-state index contributed by atoms with van der Waals surface area (Å²) in [5.41, 5.74) is -0.287. The van der Waals surface area contributed by atoms with Gasteiger partial charge >= 0.3 is 6.03 Å². The van der Waals surface area contributed by atoms with Crippen molar-refractivity contribution in [2.45, 2.75) is 31.0 Å². The van der Waals surface area contributed by atoms with Crippen molar-refractivity contribution >= 4 is 13.9 Å². The van der Waals surface area contributed by atoms with E-state index < -0.39 is 0 Å². The number of carbonyl (C=O) groups is 1. The molecule has 2 fully saturated rings. The number of rotatable bonds is 0. The lowest BCUT2D eigenvalue weighted by Crippen LogP contribution is -2.48. The zero-order valence-corrected chi connectivity index (χ0v) is 7.91. The Bertz CT molecular complexity index is 248. The standard InChI is InChI=1S/C8H13BN2O2/c1-8-3-5(6(9)13-8)11(2)7(12)10-4-8/h5-6H,3-4H2,1-2H3,(H,10,12)/t5?,6?,8-/m1/s1. The molecule has 0 aromatic heterocycles. The maximum absolute atomic E-state index is 11.4. The van der Waals surface area contributed by atoms with Gasteiger partial charge < -0.3 is 15.0 Å². The van der Waals surface area contributed by atoms with Crippen LogP contribution in [0.5, 0.6) is 0 Å². The van der Waals surface area contributed by atoms with Crippen LogP contribution < -0.4 is 5.32 Å². The molecular weight excluding hydrogens is 167 g/mol. The van der Waals surface area contributed by atoms with Gasteiger partial charge in [0.2, 0.25) is 0 Å². The first kappa shape index (κ1) is 8.87. The second-order valence-corrected chi connectivity index (χ2v) is 4.07. The number of likely N-dealkylation sites (N-methyl/N-ethyl adjacent to an activating group) is 1. The predicted molar refractivity (Wildman–Crippen MR) is 48.6 cm³/mol. The number of nitrogens with one attached hydrogen (secondary N) is 1. The quantitative estimate of drug-likeness (QED) is 0.519. The molecule has 5 heteroatoms. The van der Waals surface area contributed by atoms with E-state index in [0.717, 1.165) is 6.42 Å². The molecule has 4 nitrogen and oxygen atoms in total. The lowest BCUT2D eigenvalue weighted by molar-refractivity contribution is -0.00257. The van der Waals surface area contributed by atoms with Gasteiger partial charge in [0.05, 0.1) is 11.6 Å². The third-order valence-electron chi connectivity index (χ3n) is 2.87. The summed E-state index contributed by atoms with van der Waals surface area (Å²) in [7, 11) is 7.53. The van der Waals surface area contributed by atoms with Gasteiger partial charge in [-0.25, -0.2) is 4.79 Å². The summed E-state index contributed by atoms with van der Waals surface area (Å²) < 4.78 is 5.59. The number of urea groups is 1. The highest BCUT2D eigenvalue weighted by atomic mass is 16.5. The van der Waals surface area contributed by atoms with E-state index in [1.165, 1.54) is 0 Å². The Kier molecular flexibility index (Phi) is 1.80. The molecule has 0 saturated carbocycles. The summed E-state index contributed by atoms with van der Waals surface area (Å²) >= 11 is 0. The molecule has 13 heavy (non-hydrogen) atoms. The van der Waals surface area contributed by atoms with Crippen LogP contribution in [0.1, 0.15) is 13.3 Å². The van der Waals surface area contributed by atoms with E-state index in [1.54, 1.807) is 11.9 Å². The van der Waals surface area contributed by atoms with Crippen molar-refractivity contribution in [3.63, 3.8) is 0 Å². The Balaban J connectivity index is 2.26. The van der Waals surface area contributed by atoms with Crippen LogP contribution in [-0.2, 0) is 4.74 Å². The Labute approximate surface area is 79.0 Å². The summed E-state index contributed by atoms with van der Waals surface area (Å²) in [6.07, 6.45) is 0.809. The summed E-state index contributed by atoms with van der Waals surface area (Å²) in [5, 5.41) is 2.79. The molecule has 2 aliphatic heterocycles. The molecule has 0 spiro atoms. The van der Waals surface area contributed by atoms with Crippen molar-refractivity contribution in [3.05, 3.63) is 0 Å². The molecule has 1 N–H and O–H groups in total. The van der Waals surface area contributed by atoms with Crippen molar-refractivity contribution in [3.8, 4) is 0 Å². The fourth-order valence-corrected chi connectivity index (χ4v) is 2.02. The van der Waals surface area contributed by atoms with Crippen molar-refractivity contribution in [1.29, 1.82) is 0 Å². The first-order chi connectivity index (χ1) is 6.02. The van der Waals surface area contributed by atoms with Gasteiger partial charge in [0.15, 0.2) is 0 Å². The number of carbonyl (C=O) groups excluding carboxylic acids is 1. The summed E-state index contributed by atoms with van der Waals surface area (Å²) in [6.45, 7) is 2.52. The SMILES string of the molecule is [B]C1O[C@@]2(C)CNC(=O)N(C)C1C2. The lowest BCUT2D eigenvalue weighted by Gasteiger charge is -2.28. The van der Waals surface area contributed by atoms with Crippen molar-refractivity contribution < 1.29 is 9.53 Å². The van der Waals surface area contributed by atoms with Crippen LogP contribution in [0, 0.1) is 0 Å². The zero-order chi connectivity index (χ0) is 9.64. The average molecular weight is 180 g/mol. The summed E-state index contributed by atoms with van der Waals surface area (Å²) in [4.78, 5) is 13.0. The van der Waals surface area contributed by atoms with Gasteiger partial charge in [0.25, 0.3) is 0 Å². The molecule has 2 radical (unpaired) electrons. The molecule has 0 aliphatic carbocycles. The average Bonchev–Trinajstić information content (AvgIpc) is 2.31. The van der Waals surface area contributed by atoms with Gasteiger partial charge in [0, 0.05) is 26.0 Å². The van der Waals surface area contributed by atoms with Crippen LogP contribution in [0.4, 0.5) is 4.79 Å². The van der Waals surface area contributed by atoms with Crippen LogP contribution in [0.25, 0.3) is 0 Å². The van der Waals surface area contributed by atoms with Crippen molar-refractivity contribution in [2.24, 2.45) is 0 Å². The molecule has 2 aliphatic rings. The fourth-order valence-electron chi connectivity index (χ4n) is 2.02. The van der Waals surface area contributed by atoms with E-state index in [1.807, 2.05) is 6.92 Å². The molecule has 2 heterocycles. The molecule has 0 aromatic carbocycles. The second kappa shape index (κ2) is 2.64. The Morgan fingerprint density at radius 1 is 1.77 bits per heavy atom. The second-order valence-electron chi connectivity index (χ2n) is 4.07. The van der Waals surface area contributed by atoms with Crippen molar-refractivity contribution in [2.75, 3.05) is 13.6 Å². The molecule has 3 atom stereocenters. The Hall–Kier alpha value is -0.705. The van der Waals surface area contributed by atoms with E-state index in [4.69, 9.17) is 12.6 Å². The molecule has 2 amide bonds. The van der Waals surface area contributed by atoms with Crippen LogP contribution >= 0.6 is 0 Å². The maximum atomic E-state index is 11.4. The number of hydrogen-bond donors (Lipinski definition) is 1. The fraction of sp³-hybridized carbons (Fsp3) is 0.875. The number of ether oxygens (including phenoxy) is 1. The highest BCUT2D eigenvalue weighted by Gasteiger charge is 2.46. The summed E-state index contributed by atoms with van der Waals surface area (Å²) in [6, 6.07) is -0.402. The zero-order valence-electron chi connectivity index (χ0n) is 7.91. The van der Waals surface area contributed by atoms with E-state index in [-0.39, 0.29) is 23.7 Å². The largest absolute Gasteiger partial charge is 0.378 e. The van der Waals surface area contributed by atoms with Gasteiger partial charge in [-0.05, 0) is 6.92 Å². The number of amides is 2. The van der Waals surface area contributed by atoms with Crippen LogP contribution in [-0.4, -0.2) is 50.0 Å². The van der Waals surface area contributed by atoms with Gasteiger partial charge in [-0.2, -0.15) is 0 Å². The molecule has 2 rings (SSSR count). The normalized spacial score (nSPS) is 44.5. The molecule has 2 unspecified atom stereocenters. The highest BCUT2D eigenvalue weighted by molar-refractivity contribution is 6.12. The molecule has 2 bridgehead atoms. The molecule has 70 valence electrons. The van der Waals surface area contributed by atoms with Gasteiger partial charge in [-0.1, -0.05) is 0 Å². The lowest BCUT2D eigenvalue weighted by atomic mass is 9.90. The predicted octanol–water partition coefficient (Wildman–Crippen LogP) is -0.316. The van der Waals surface area contributed by atoms with E-state index in [2.05, 4.69) is 5.32 Å². The monoisotopic (exact) mass is 180 g/mol. The Morgan fingerprint density at radius 2 is 2.46 bits per heavy atom. The van der Waals surface area contributed by atoms with Crippen LogP contribution in [0.3, 0.4) is 0 Å². The number of hydrogen-bond acceptors (Lipinski definition) is 2. The van der Waals surface area contributed by atoms with Crippen LogP contribution in [0.15, 0.2) is 0 Å². The topological polar surface area (TPSA) is 41.6 Å².